The fraction of sp³-hybridized carbons (Fsp3) is 0.727. The van der Waals surface area contributed by atoms with Gasteiger partial charge in [-0.3, -0.25) is 4.58 Å². The monoisotopic (exact) mass is 183 g/mol. The van der Waals surface area contributed by atoms with Gasteiger partial charge in [-0.1, -0.05) is 20.4 Å². The minimum atomic E-state index is 0.534. The molecular formula is C11H23N2+. The molecule has 0 radical (unpaired) electrons. The van der Waals surface area contributed by atoms with E-state index in [2.05, 4.69) is 50.9 Å². The predicted molar refractivity (Wildman–Crippen MR) is 59.1 cm³/mol. The van der Waals surface area contributed by atoms with Crippen molar-refractivity contribution in [2.45, 2.75) is 27.7 Å². The molecule has 0 rings (SSSR count). The molecule has 0 aromatic heterocycles. The normalized spacial score (nSPS) is 12.8. The topological polar surface area (TPSA) is 6.25 Å². The molecule has 76 valence electrons. The average molecular weight is 183 g/mol. The molecular weight excluding hydrogens is 160 g/mol. The van der Waals surface area contributed by atoms with Crippen LogP contribution in [0.1, 0.15) is 27.7 Å². The lowest BCUT2D eigenvalue weighted by atomic mass is 10.1. The number of hydrogen-bond acceptors (Lipinski definition) is 0. The van der Waals surface area contributed by atoms with E-state index >= 15 is 0 Å². The van der Waals surface area contributed by atoms with E-state index < -0.39 is 0 Å². The zero-order valence-electron chi connectivity index (χ0n) is 9.89. The summed E-state index contributed by atoms with van der Waals surface area (Å²) in [4.78, 5) is 2.16. The summed E-state index contributed by atoms with van der Waals surface area (Å²) < 4.78 is 2.26. The van der Waals surface area contributed by atoms with Crippen LogP contribution in [0.15, 0.2) is 12.3 Å². The maximum absolute atomic E-state index is 3.95. The summed E-state index contributed by atoms with van der Waals surface area (Å²) in [6.45, 7) is 13.6. The summed E-state index contributed by atoms with van der Waals surface area (Å²) in [5, 5.41) is 0. The molecule has 0 aliphatic heterocycles. The van der Waals surface area contributed by atoms with E-state index in [1.165, 1.54) is 5.84 Å². The first-order valence-corrected chi connectivity index (χ1v) is 4.89. The molecule has 0 fully saturated rings. The standard InChI is InChI=1S/C11H23N2/c1-8-12(6)11(9(2)3)13(7)10(4)5/h9H,4,8H2,1-3,5-7H3/q+1. The Hall–Kier alpha value is -0.790. The van der Waals surface area contributed by atoms with E-state index in [1.54, 1.807) is 0 Å². The quantitative estimate of drug-likeness (QED) is 0.369. The van der Waals surface area contributed by atoms with E-state index in [0.717, 1.165) is 12.2 Å². The lowest BCUT2D eigenvalue weighted by Gasteiger charge is -2.19. The number of nitrogens with zero attached hydrogens (tertiary/aromatic N) is 2. The van der Waals surface area contributed by atoms with Crippen LogP contribution in [0.5, 0.6) is 0 Å². The minimum absolute atomic E-state index is 0.534. The average Bonchev–Trinajstić information content (AvgIpc) is 2.03. The maximum atomic E-state index is 3.95. The second-order valence-electron chi connectivity index (χ2n) is 3.82. The van der Waals surface area contributed by atoms with Gasteiger partial charge in [-0.05, 0) is 13.8 Å². The highest BCUT2D eigenvalue weighted by Crippen LogP contribution is 2.06. The summed E-state index contributed by atoms with van der Waals surface area (Å²) in [6.07, 6.45) is 0. The largest absolute Gasteiger partial charge is 0.268 e. The molecule has 2 nitrogen and oxygen atoms in total. The van der Waals surface area contributed by atoms with Crippen molar-refractivity contribution in [2.75, 3.05) is 20.6 Å². The summed E-state index contributed by atoms with van der Waals surface area (Å²) in [7, 11) is 4.19. The number of amidine groups is 1. The molecule has 0 amide bonds. The van der Waals surface area contributed by atoms with Crippen LogP contribution in [0.2, 0.25) is 0 Å². The Morgan fingerprint density at radius 2 is 1.92 bits per heavy atom. The molecule has 0 aromatic carbocycles. The van der Waals surface area contributed by atoms with Crippen LogP contribution in [0.25, 0.3) is 0 Å². The predicted octanol–water partition coefficient (Wildman–Crippen LogP) is 2.17. The lowest BCUT2D eigenvalue weighted by Crippen LogP contribution is -2.36. The highest BCUT2D eigenvalue weighted by molar-refractivity contribution is 5.80. The van der Waals surface area contributed by atoms with Crippen LogP contribution in [0, 0.1) is 5.92 Å². The molecule has 0 aliphatic rings. The van der Waals surface area contributed by atoms with Gasteiger partial charge in [0.05, 0.1) is 32.3 Å². The van der Waals surface area contributed by atoms with Gasteiger partial charge < -0.3 is 0 Å². The van der Waals surface area contributed by atoms with Crippen LogP contribution < -0.4 is 0 Å². The zero-order chi connectivity index (χ0) is 10.6. The Bertz CT molecular complexity index is 214. The molecule has 0 aliphatic carbocycles. The molecule has 0 saturated heterocycles. The van der Waals surface area contributed by atoms with Gasteiger partial charge in [0, 0.05) is 0 Å². The fourth-order valence-corrected chi connectivity index (χ4v) is 1.44. The van der Waals surface area contributed by atoms with Crippen LogP contribution in [-0.2, 0) is 0 Å². The third-order valence-corrected chi connectivity index (χ3v) is 2.30. The Morgan fingerprint density at radius 3 is 2.15 bits per heavy atom. The van der Waals surface area contributed by atoms with E-state index in [9.17, 15) is 0 Å². The molecule has 0 N–H and O–H groups in total. The summed E-state index contributed by atoms with van der Waals surface area (Å²) in [5.41, 5.74) is 1.09. The highest BCUT2D eigenvalue weighted by Gasteiger charge is 2.20. The first-order chi connectivity index (χ1) is 5.91. The van der Waals surface area contributed by atoms with Crippen molar-refractivity contribution in [2.24, 2.45) is 5.92 Å². The molecule has 0 bridgehead atoms. The third kappa shape index (κ3) is 3.21. The third-order valence-electron chi connectivity index (χ3n) is 2.30. The Balaban J connectivity index is 4.92. The number of hydrogen-bond donors (Lipinski definition) is 0. The summed E-state index contributed by atoms with van der Waals surface area (Å²) in [6, 6.07) is 0. The van der Waals surface area contributed by atoms with Crippen molar-refractivity contribution >= 4 is 5.84 Å². The molecule has 13 heavy (non-hydrogen) atoms. The molecule has 0 saturated carbocycles. The summed E-state index contributed by atoms with van der Waals surface area (Å²) >= 11 is 0. The summed E-state index contributed by atoms with van der Waals surface area (Å²) in [5.74, 6) is 1.86. The van der Waals surface area contributed by atoms with Gasteiger partial charge in [0.15, 0.2) is 0 Å². The van der Waals surface area contributed by atoms with Crippen LogP contribution in [-0.4, -0.2) is 36.0 Å². The molecule has 0 aromatic rings. The van der Waals surface area contributed by atoms with Gasteiger partial charge in [0.1, 0.15) is 0 Å². The van der Waals surface area contributed by atoms with Crippen molar-refractivity contribution in [1.82, 2.24) is 4.90 Å². The molecule has 0 spiro atoms. The Morgan fingerprint density at radius 1 is 1.46 bits per heavy atom. The van der Waals surface area contributed by atoms with Gasteiger partial charge in [0.25, 0.3) is 5.84 Å². The van der Waals surface area contributed by atoms with Crippen molar-refractivity contribution < 1.29 is 4.58 Å². The smallest absolute Gasteiger partial charge is 0.253 e. The van der Waals surface area contributed by atoms with Crippen molar-refractivity contribution in [3.8, 4) is 0 Å². The lowest BCUT2D eigenvalue weighted by molar-refractivity contribution is -0.500. The molecule has 0 unspecified atom stereocenters. The van der Waals surface area contributed by atoms with Gasteiger partial charge >= 0.3 is 0 Å². The van der Waals surface area contributed by atoms with Crippen molar-refractivity contribution in [3.63, 3.8) is 0 Å². The zero-order valence-corrected chi connectivity index (χ0v) is 9.89. The van der Waals surface area contributed by atoms with Gasteiger partial charge in [-0.2, -0.15) is 0 Å². The maximum Gasteiger partial charge on any atom is 0.253 e. The molecule has 0 atom stereocenters. The molecule has 0 heterocycles. The fourth-order valence-electron chi connectivity index (χ4n) is 1.44. The van der Waals surface area contributed by atoms with Crippen LogP contribution >= 0.6 is 0 Å². The van der Waals surface area contributed by atoms with E-state index in [0.29, 0.717) is 5.92 Å². The second-order valence-corrected chi connectivity index (χ2v) is 3.82. The highest BCUT2D eigenvalue weighted by atomic mass is 15.2. The van der Waals surface area contributed by atoms with E-state index in [-0.39, 0.29) is 0 Å². The van der Waals surface area contributed by atoms with E-state index in [1.807, 2.05) is 6.92 Å². The van der Waals surface area contributed by atoms with Gasteiger partial charge in [-0.15, -0.1) is 0 Å². The number of rotatable bonds is 3. The second kappa shape index (κ2) is 5.05. The SMILES string of the molecule is C=C(C)N(C)C(C(C)C)=[N+](C)CC. The van der Waals surface area contributed by atoms with Gasteiger partial charge in [-0.25, -0.2) is 4.90 Å². The van der Waals surface area contributed by atoms with Crippen LogP contribution in [0.3, 0.4) is 0 Å². The first-order valence-electron chi connectivity index (χ1n) is 4.89. The first kappa shape index (κ1) is 12.2. The molecule has 2 heteroatoms. The van der Waals surface area contributed by atoms with Crippen LogP contribution in [0.4, 0.5) is 0 Å². The Labute approximate surface area is 82.6 Å². The van der Waals surface area contributed by atoms with Gasteiger partial charge in [0.2, 0.25) is 0 Å². The Kier molecular flexibility index (Phi) is 4.74. The van der Waals surface area contributed by atoms with E-state index in [4.69, 9.17) is 0 Å². The number of allylic oxidation sites excluding steroid dienone is 1. The minimum Gasteiger partial charge on any atom is -0.268 e. The van der Waals surface area contributed by atoms with Crippen molar-refractivity contribution in [1.29, 1.82) is 0 Å². The van der Waals surface area contributed by atoms with Crippen molar-refractivity contribution in [3.05, 3.63) is 12.3 Å².